The average molecular weight is 569 g/mol. The number of ether oxygens (including phenoxy) is 1. The fraction of sp³-hybridized carbons (Fsp3) is 0.536. The van der Waals surface area contributed by atoms with Gasteiger partial charge in [-0.3, -0.25) is 14.2 Å². The number of hydrogen-bond acceptors (Lipinski definition) is 8. The summed E-state index contributed by atoms with van der Waals surface area (Å²) in [6, 6.07) is 8.80. The quantitative estimate of drug-likeness (QED) is 0.447. The van der Waals surface area contributed by atoms with Gasteiger partial charge in [-0.05, 0) is 37.8 Å². The number of alkyl halides is 2. The van der Waals surface area contributed by atoms with Crippen LogP contribution >= 0.6 is 0 Å². The molecule has 0 unspecified atom stereocenters. The van der Waals surface area contributed by atoms with Crippen LogP contribution in [0.4, 0.5) is 20.5 Å². The molecule has 6 rings (SSSR count). The number of piperidine rings is 1. The van der Waals surface area contributed by atoms with Gasteiger partial charge in [-0.25, -0.2) is 13.8 Å². The number of likely N-dealkylation sites (tertiary alicyclic amines) is 1. The number of aromatic nitrogens is 4. The van der Waals surface area contributed by atoms with Crippen LogP contribution in [0.1, 0.15) is 44.9 Å². The van der Waals surface area contributed by atoms with Crippen molar-refractivity contribution in [2.75, 3.05) is 49.6 Å². The predicted octanol–water partition coefficient (Wildman–Crippen LogP) is 2.91. The van der Waals surface area contributed by atoms with Crippen molar-refractivity contribution in [3.05, 3.63) is 36.2 Å². The number of nitrogens with one attached hydrogen (secondary N) is 2. The highest BCUT2D eigenvalue weighted by atomic mass is 19.3. The number of para-hydroxylation sites is 2. The standard InChI is InChI=1S/C28H34F2N8O3/c1-17(39)36-8-6-18(7-9-36)27(40)32-20-14-19(15-20)31-23-16-24(35-28(34-23)37-10-12-41-13-11-37)38-22-5-3-2-4-21(22)33-26(38)25(29)30/h2-5,16,18-20,25H,6-15H2,1H3,(H,32,40)(H,31,34,35)/t19-,20-. The Morgan fingerprint density at radius 3 is 2.44 bits per heavy atom. The molecule has 2 aliphatic heterocycles. The summed E-state index contributed by atoms with van der Waals surface area (Å²) in [4.78, 5) is 41.7. The first-order valence-electron chi connectivity index (χ1n) is 14.2. The maximum atomic E-state index is 14.1. The second-order valence-electron chi connectivity index (χ2n) is 10.9. The molecule has 3 aliphatic rings. The van der Waals surface area contributed by atoms with E-state index < -0.39 is 6.43 Å². The summed E-state index contributed by atoms with van der Waals surface area (Å²) in [6.07, 6.45) is 0.0156. The summed E-state index contributed by atoms with van der Waals surface area (Å²) in [6.45, 7) is 5.04. The lowest BCUT2D eigenvalue weighted by Gasteiger charge is -2.38. The normalized spacial score (nSPS) is 21.7. The Kier molecular flexibility index (Phi) is 7.69. The van der Waals surface area contributed by atoms with Crippen LogP contribution in [0, 0.1) is 5.92 Å². The number of anilines is 2. The van der Waals surface area contributed by atoms with Gasteiger partial charge in [-0.2, -0.15) is 9.97 Å². The van der Waals surface area contributed by atoms with Crippen molar-refractivity contribution in [2.45, 2.75) is 51.1 Å². The first kappa shape index (κ1) is 27.3. The SMILES string of the molecule is CC(=O)N1CCC(C(=O)N[C@H]2C[C@H](Nc3cc(-n4c(C(F)F)nc5ccccc54)nc(N4CCOCC4)n3)C2)CC1. The zero-order valence-corrected chi connectivity index (χ0v) is 22.9. The summed E-state index contributed by atoms with van der Waals surface area (Å²) in [5, 5.41) is 6.58. The Bertz CT molecular complexity index is 1410. The van der Waals surface area contributed by atoms with Gasteiger partial charge in [0.1, 0.15) is 11.6 Å². The number of nitrogens with zero attached hydrogens (tertiary/aromatic N) is 6. The fourth-order valence-electron chi connectivity index (χ4n) is 5.79. The van der Waals surface area contributed by atoms with Crippen molar-refractivity contribution in [1.82, 2.24) is 29.7 Å². The van der Waals surface area contributed by atoms with Crippen LogP contribution in [0.2, 0.25) is 0 Å². The fourth-order valence-corrected chi connectivity index (χ4v) is 5.79. The van der Waals surface area contributed by atoms with Gasteiger partial charge in [0.25, 0.3) is 6.43 Å². The molecule has 0 atom stereocenters. The number of imidazole rings is 1. The number of amides is 2. The van der Waals surface area contributed by atoms with Crippen LogP contribution in [0.5, 0.6) is 0 Å². The van der Waals surface area contributed by atoms with E-state index in [9.17, 15) is 18.4 Å². The molecule has 4 heterocycles. The minimum absolute atomic E-state index is 0.0436. The molecule has 2 aromatic heterocycles. The van der Waals surface area contributed by atoms with Crippen LogP contribution in [-0.2, 0) is 14.3 Å². The molecule has 0 radical (unpaired) electrons. The van der Waals surface area contributed by atoms with E-state index in [-0.39, 0.29) is 35.6 Å². The second kappa shape index (κ2) is 11.6. The molecule has 3 fully saturated rings. The van der Waals surface area contributed by atoms with Crippen molar-refractivity contribution < 1.29 is 23.1 Å². The Morgan fingerprint density at radius 2 is 1.73 bits per heavy atom. The van der Waals surface area contributed by atoms with Gasteiger partial charge in [0.15, 0.2) is 5.82 Å². The average Bonchev–Trinajstić information content (AvgIpc) is 3.36. The van der Waals surface area contributed by atoms with Crippen LogP contribution in [0.25, 0.3) is 16.9 Å². The van der Waals surface area contributed by atoms with Gasteiger partial charge < -0.3 is 25.2 Å². The lowest BCUT2D eigenvalue weighted by Crippen LogP contribution is -2.52. The third-order valence-corrected chi connectivity index (χ3v) is 8.15. The minimum atomic E-state index is -2.79. The highest BCUT2D eigenvalue weighted by molar-refractivity contribution is 5.80. The molecule has 2 saturated heterocycles. The van der Waals surface area contributed by atoms with E-state index in [1.165, 1.54) is 4.57 Å². The van der Waals surface area contributed by atoms with Crippen molar-refractivity contribution in [3.8, 4) is 5.82 Å². The molecular formula is C28H34F2N8O3. The monoisotopic (exact) mass is 568 g/mol. The third-order valence-electron chi connectivity index (χ3n) is 8.15. The van der Waals surface area contributed by atoms with E-state index in [2.05, 4.69) is 15.6 Å². The molecule has 218 valence electrons. The summed E-state index contributed by atoms with van der Waals surface area (Å²) in [5.41, 5.74) is 1.01. The number of fused-ring (bicyclic) bond motifs is 1. The first-order valence-corrected chi connectivity index (χ1v) is 14.2. The van der Waals surface area contributed by atoms with Gasteiger partial charge >= 0.3 is 0 Å². The van der Waals surface area contributed by atoms with Crippen molar-refractivity contribution in [1.29, 1.82) is 0 Å². The molecule has 41 heavy (non-hydrogen) atoms. The van der Waals surface area contributed by atoms with Crippen LogP contribution < -0.4 is 15.5 Å². The number of halogens is 2. The summed E-state index contributed by atoms with van der Waals surface area (Å²) < 4.78 is 35.1. The topological polar surface area (TPSA) is 118 Å². The van der Waals surface area contributed by atoms with E-state index in [0.29, 0.717) is 80.9 Å². The molecular weight excluding hydrogens is 534 g/mol. The van der Waals surface area contributed by atoms with E-state index in [0.717, 1.165) is 12.8 Å². The Balaban J connectivity index is 1.18. The summed E-state index contributed by atoms with van der Waals surface area (Å²) in [7, 11) is 0. The zero-order chi connectivity index (χ0) is 28.5. The van der Waals surface area contributed by atoms with Crippen molar-refractivity contribution >= 4 is 34.6 Å². The van der Waals surface area contributed by atoms with E-state index in [1.807, 2.05) is 4.90 Å². The lowest BCUT2D eigenvalue weighted by molar-refractivity contribution is -0.134. The van der Waals surface area contributed by atoms with Crippen LogP contribution in [0.3, 0.4) is 0 Å². The third kappa shape index (κ3) is 5.81. The lowest BCUT2D eigenvalue weighted by atomic mass is 9.85. The molecule has 1 saturated carbocycles. The maximum absolute atomic E-state index is 14.1. The molecule has 1 aliphatic carbocycles. The van der Waals surface area contributed by atoms with Gasteiger partial charge in [0.2, 0.25) is 17.8 Å². The maximum Gasteiger partial charge on any atom is 0.296 e. The van der Waals surface area contributed by atoms with Crippen LogP contribution in [0.15, 0.2) is 30.3 Å². The van der Waals surface area contributed by atoms with Crippen molar-refractivity contribution in [2.24, 2.45) is 5.92 Å². The van der Waals surface area contributed by atoms with Gasteiger partial charge in [-0.1, -0.05) is 12.1 Å². The highest BCUT2D eigenvalue weighted by Gasteiger charge is 2.34. The number of rotatable bonds is 7. The van der Waals surface area contributed by atoms with E-state index in [4.69, 9.17) is 14.7 Å². The number of morpholine rings is 1. The van der Waals surface area contributed by atoms with Gasteiger partial charge in [0, 0.05) is 57.2 Å². The van der Waals surface area contributed by atoms with E-state index in [1.54, 1.807) is 42.2 Å². The minimum Gasteiger partial charge on any atom is -0.378 e. The zero-order valence-electron chi connectivity index (χ0n) is 22.9. The molecule has 11 nitrogen and oxygen atoms in total. The Hall–Kier alpha value is -3.87. The molecule has 0 spiro atoms. The largest absolute Gasteiger partial charge is 0.378 e. The van der Waals surface area contributed by atoms with Crippen molar-refractivity contribution in [3.63, 3.8) is 0 Å². The predicted molar refractivity (Wildman–Crippen MR) is 148 cm³/mol. The highest BCUT2D eigenvalue weighted by Crippen LogP contribution is 2.31. The Labute approximate surface area is 236 Å². The molecule has 13 heteroatoms. The number of benzene rings is 1. The smallest absolute Gasteiger partial charge is 0.296 e. The molecule has 2 N–H and O–H groups in total. The van der Waals surface area contributed by atoms with Gasteiger partial charge in [-0.15, -0.1) is 0 Å². The van der Waals surface area contributed by atoms with E-state index >= 15 is 0 Å². The van der Waals surface area contributed by atoms with Gasteiger partial charge in [0.05, 0.1) is 24.2 Å². The summed E-state index contributed by atoms with van der Waals surface area (Å²) >= 11 is 0. The second-order valence-corrected chi connectivity index (χ2v) is 10.9. The molecule has 2 amide bonds. The molecule has 0 bridgehead atoms. The summed E-state index contributed by atoms with van der Waals surface area (Å²) in [5.74, 6) is 0.925. The van der Waals surface area contributed by atoms with Crippen LogP contribution in [-0.4, -0.2) is 87.7 Å². The first-order chi connectivity index (χ1) is 19.9. The molecule has 1 aromatic carbocycles. The molecule has 3 aromatic rings. The number of hydrogen-bond donors (Lipinski definition) is 2. The number of carbonyl (C=O) groups is 2. The number of carbonyl (C=O) groups excluding carboxylic acids is 2. The Morgan fingerprint density at radius 1 is 1.00 bits per heavy atom.